The summed E-state index contributed by atoms with van der Waals surface area (Å²) in [7, 11) is 0. The summed E-state index contributed by atoms with van der Waals surface area (Å²) < 4.78 is 27.1. The average molecular weight is 348 g/mol. The Morgan fingerprint density at radius 2 is 1.92 bits per heavy atom. The number of carbonyl (C=O) groups excluding carboxylic acids is 1. The molecule has 0 saturated heterocycles. The average Bonchev–Trinajstić information content (AvgIpc) is 2.60. The standard InChI is InChI=1S/C19H22F2N2O2/c1-2-18(16-9-8-15(20)12-17(16)21)22-19(25)23(10-11-24)13-14-6-4-3-5-7-14/h3-9,12,18,24H,2,10-11,13H2,1H3,(H,22,25). The van der Waals surface area contributed by atoms with Gasteiger partial charge < -0.3 is 15.3 Å². The third-order valence-electron chi connectivity index (χ3n) is 3.92. The minimum absolute atomic E-state index is 0.156. The molecule has 2 amide bonds. The number of hydrogen-bond acceptors (Lipinski definition) is 2. The lowest BCUT2D eigenvalue weighted by atomic mass is 10.0. The number of rotatable bonds is 7. The first-order chi connectivity index (χ1) is 12.0. The highest BCUT2D eigenvalue weighted by Crippen LogP contribution is 2.21. The molecular weight excluding hydrogens is 326 g/mol. The van der Waals surface area contributed by atoms with Crippen LogP contribution in [0.25, 0.3) is 0 Å². The van der Waals surface area contributed by atoms with E-state index in [2.05, 4.69) is 5.32 Å². The van der Waals surface area contributed by atoms with Gasteiger partial charge in [0.1, 0.15) is 11.6 Å². The van der Waals surface area contributed by atoms with Crippen LogP contribution < -0.4 is 5.32 Å². The molecule has 0 fully saturated rings. The molecule has 2 N–H and O–H groups in total. The maximum atomic E-state index is 14.0. The van der Waals surface area contributed by atoms with Crippen LogP contribution in [0, 0.1) is 11.6 Å². The largest absolute Gasteiger partial charge is 0.395 e. The minimum atomic E-state index is -0.691. The Balaban J connectivity index is 2.12. The van der Waals surface area contributed by atoms with Crippen molar-refractivity contribution in [3.05, 3.63) is 71.3 Å². The van der Waals surface area contributed by atoms with Gasteiger partial charge in [-0.05, 0) is 18.1 Å². The van der Waals surface area contributed by atoms with E-state index in [4.69, 9.17) is 0 Å². The van der Waals surface area contributed by atoms with Crippen LogP contribution in [0.4, 0.5) is 13.6 Å². The summed E-state index contributed by atoms with van der Waals surface area (Å²) in [5.74, 6) is -1.35. The fraction of sp³-hybridized carbons (Fsp3) is 0.316. The van der Waals surface area contributed by atoms with Crippen molar-refractivity contribution in [2.45, 2.75) is 25.9 Å². The lowest BCUT2D eigenvalue weighted by Crippen LogP contribution is -2.42. The van der Waals surface area contributed by atoms with Crippen molar-refractivity contribution < 1.29 is 18.7 Å². The van der Waals surface area contributed by atoms with Gasteiger partial charge in [0.05, 0.1) is 12.6 Å². The molecule has 0 aliphatic rings. The molecule has 2 aromatic rings. The zero-order valence-corrected chi connectivity index (χ0v) is 14.1. The molecule has 6 heteroatoms. The van der Waals surface area contributed by atoms with E-state index >= 15 is 0 Å². The van der Waals surface area contributed by atoms with Gasteiger partial charge in [0, 0.05) is 24.7 Å². The van der Waals surface area contributed by atoms with E-state index in [0.29, 0.717) is 13.0 Å². The number of benzene rings is 2. The van der Waals surface area contributed by atoms with Gasteiger partial charge in [0.25, 0.3) is 0 Å². The van der Waals surface area contributed by atoms with Crippen molar-refractivity contribution in [3.8, 4) is 0 Å². The lowest BCUT2D eigenvalue weighted by molar-refractivity contribution is 0.170. The Morgan fingerprint density at radius 1 is 1.20 bits per heavy atom. The fourth-order valence-electron chi connectivity index (χ4n) is 2.60. The molecule has 0 bridgehead atoms. The molecule has 2 aromatic carbocycles. The molecule has 4 nitrogen and oxygen atoms in total. The zero-order chi connectivity index (χ0) is 18.2. The highest BCUT2D eigenvalue weighted by molar-refractivity contribution is 5.74. The number of amides is 2. The minimum Gasteiger partial charge on any atom is -0.395 e. The Labute approximate surface area is 146 Å². The number of nitrogens with one attached hydrogen (secondary N) is 1. The second kappa shape index (κ2) is 9.13. The fourth-order valence-corrected chi connectivity index (χ4v) is 2.60. The molecule has 0 aromatic heterocycles. The summed E-state index contributed by atoms with van der Waals surface area (Å²) >= 11 is 0. The number of nitrogens with zero attached hydrogens (tertiary/aromatic N) is 1. The Kier molecular flexibility index (Phi) is 6.89. The SMILES string of the molecule is CCC(NC(=O)N(CCO)Cc1ccccc1)c1ccc(F)cc1F. The van der Waals surface area contributed by atoms with Gasteiger partial charge in [0.2, 0.25) is 0 Å². The van der Waals surface area contributed by atoms with Crippen LogP contribution in [0.15, 0.2) is 48.5 Å². The number of halogens is 2. The van der Waals surface area contributed by atoms with Crippen LogP contribution in [-0.4, -0.2) is 29.2 Å². The van der Waals surface area contributed by atoms with Gasteiger partial charge >= 0.3 is 6.03 Å². The molecular formula is C19H22F2N2O2. The third kappa shape index (κ3) is 5.26. The second-order valence-electron chi connectivity index (χ2n) is 5.71. The van der Waals surface area contributed by atoms with E-state index in [9.17, 15) is 18.7 Å². The van der Waals surface area contributed by atoms with Crippen LogP contribution in [0.5, 0.6) is 0 Å². The first kappa shape index (κ1) is 18.9. The van der Waals surface area contributed by atoms with E-state index in [1.54, 1.807) is 6.92 Å². The third-order valence-corrected chi connectivity index (χ3v) is 3.92. The van der Waals surface area contributed by atoms with Gasteiger partial charge in [-0.3, -0.25) is 0 Å². The highest BCUT2D eigenvalue weighted by Gasteiger charge is 2.20. The number of aliphatic hydroxyl groups excluding tert-OH is 1. The Morgan fingerprint density at radius 3 is 2.52 bits per heavy atom. The molecule has 2 rings (SSSR count). The van der Waals surface area contributed by atoms with Gasteiger partial charge in [-0.2, -0.15) is 0 Å². The zero-order valence-electron chi connectivity index (χ0n) is 14.1. The van der Waals surface area contributed by atoms with Gasteiger partial charge in [-0.1, -0.05) is 43.3 Å². The molecule has 0 aliphatic heterocycles. The molecule has 0 radical (unpaired) electrons. The first-order valence-corrected chi connectivity index (χ1v) is 8.20. The molecule has 0 spiro atoms. The maximum Gasteiger partial charge on any atom is 0.318 e. The first-order valence-electron chi connectivity index (χ1n) is 8.20. The molecule has 0 heterocycles. The maximum absolute atomic E-state index is 14.0. The topological polar surface area (TPSA) is 52.6 Å². The Bertz CT molecular complexity index is 695. The van der Waals surface area contributed by atoms with Gasteiger partial charge in [-0.25, -0.2) is 13.6 Å². The number of hydrogen-bond donors (Lipinski definition) is 2. The normalized spacial score (nSPS) is 11.8. The number of aliphatic hydroxyl groups is 1. The Hall–Kier alpha value is -2.47. The van der Waals surface area contributed by atoms with Crippen molar-refractivity contribution in [1.29, 1.82) is 0 Å². The second-order valence-corrected chi connectivity index (χ2v) is 5.71. The molecule has 134 valence electrons. The molecule has 0 saturated carbocycles. The summed E-state index contributed by atoms with van der Waals surface area (Å²) in [4.78, 5) is 14.0. The van der Waals surface area contributed by atoms with Crippen molar-refractivity contribution in [1.82, 2.24) is 10.2 Å². The van der Waals surface area contributed by atoms with E-state index in [-0.39, 0.29) is 18.7 Å². The summed E-state index contributed by atoms with van der Waals surface area (Å²) in [5.41, 5.74) is 1.16. The van der Waals surface area contributed by atoms with Crippen LogP contribution in [0.2, 0.25) is 0 Å². The summed E-state index contributed by atoms with van der Waals surface area (Å²) in [6.07, 6.45) is 0.451. The molecule has 0 aliphatic carbocycles. The number of urea groups is 1. The smallest absolute Gasteiger partial charge is 0.318 e. The van der Waals surface area contributed by atoms with E-state index in [1.807, 2.05) is 30.3 Å². The lowest BCUT2D eigenvalue weighted by Gasteiger charge is -2.26. The van der Waals surface area contributed by atoms with Crippen molar-refractivity contribution >= 4 is 6.03 Å². The van der Waals surface area contributed by atoms with Gasteiger partial charge in [0.15, 0.2) is 0 Å². The van der Waals surface area contributed by atoms with Crippen molar-refractivity contribution in [3.63, 3.8) is 0 Å². The van der Waals surface area contributed by atoms with Crippen LogP contribution in [0.3, 0.4) is 0 Å². The van der Waals surface area contributed by atoms with Gasteiger partial charge in [-0.15, -0.1) is 0 Å². The quantitative estimate of drug-likeness (QED) is 0.803. The van der Waals surface area contributed by atoms with Crippen LogP contribution >= 0.6 is 0 Å². The van der Waals surface area contributed by atoms with Crippen molar-refractivity contribution in [2.75, 3.05) is 13.2 Å². The molecule has 25 heavy (non-hydrogen) atoms. The predicted molar refractivity (Wildman–Crippen MR) is 91.9 cm³/mol. The van der Waals surface area contributed by atoms with E-state index in [0.717, 1.165) is 11.6 Å². The monoisotopic (exact) mass is 348 g/mol. The van der Waals surface area contributed by atoms with Crippen LogP contribution in [-0.2, 0) is 6.54 Å². The predicted octanol–water partition coefficient (Wildman–Crippen LogP) is 3.62. The highest BCUT2D eigenvalue weighted by atomic mass is 19.1. The van der Waals surface area contributed by atoms with E-state index in [1.165, 1.54) is 17.0 Å². The van der Waals surface area contributed by atoms with E-state index < -0.39 is 23.7 Å². The van der Waals surface area contributed by atoms with Crippen LogP contribution in [0.1, 0.15) is 30.5 Å². The summed E-state index contributed by atoms with van der Waals surface area (Å²) in [5, 5.41) is 12.0. The van der Waals surface area contributed by atoms with Crippen molar-refractivity contribution in [2.24, 2.45) is 0 Å². The summed E-state index contributed by atoms with van der Waals surface area (Å²) in [6.45, 7) is 2.11. The summed E-state index contributed by atoms with van der Waals surface area (Å²) in [6, 6.07) is 11.7. The molecule has 1 unspecified atom stereocenters. The number of carbonyl (C=O) groups is 1. The molecule has 1 atom stereocenters.